The van der Waals surface area contributed by atoms with Crippen molar-refractivity contribution in [1.82, 2.24) is 9.88 Å². The molecule has 24 heavy (non-hydrogen) atoms. The number of carbonyl (C=O) groups is 1. The summed E-state index contributed by atoms with van der Waals surface area (Å²) in [5.74, 6) is 0.236. The van der Waals surface area contributed by atoms with Crippen LogP contribution in [0.1, 0.15) is 32.8 Å². The Morgan fingerprint density at radius 2 is 2.04 bits per heavy atom. The number of hydrogen-bond acceptors (Lipinski definition) is 4. The number of alkyl halides is 3. The van der Waals surface area contributed by atoms with Crippen molar-refractivity contribution in [2.45, 2.75) is 39.0 Å². The maximum atomic E-state index is 12.5. The molecule has 0 aromatic carbocycles. The van der Waals surface area contributed by atoms with Gasteiger partial charge >= 0.3 is 12.3 Å². The van der Waals surface area contributed by atoms with Crippen LogP contribution in [-0.2, 0) is 10.9 Å². The highest BCUT2D eigenvalue weighted by Gasteiger charge is 2.31. The number of rotatable bonds is 3. The number of likely N-dealkylation sites (tertiary alicyclic amines) is 1. The van der Waals surface area contributed by atoms with Crippen LogP contribution >= 0.6 is 0 Å². The van der Waals surface area contributed by atoms with Gasteiger partial charge in [-0.1, -0.05) is 0 Å². The Bertz CT molecular complexity index is 567. The fraction of sp³-hybridized carbons (Fsp3) is 0.625. The second-order valence-electron chi connectivity index (χ2n) is 6.77. The standard InChI is InChI=1S/C16H21F3N2O3/c1-15(2,3)24-14(22)21-7-6-11(9-21)10-23-13-5-4-12(8-20-13)16(17,18)19/h4-5,8,11H,6-7,9-10H2,1-3H3. The number of nitrogens with zero attached hydrogens (tertiary/aromatic N) is 2. The number of hydrogen-bond donors (Lipinski definition) is 0. The van der Waals surface area contributed by atoms with Crippen LogP contribution in [0.25, 0.3) is 0 Å². The summed E-state index contributed by atoms with van der Waals surface area (Å²) in [6.45, 7) is 6.77. The van der Waals surface area contributed by atoms with Crippen LogP contribution < -0.4 is 4.74 Å². The number of halogens is 3. The molecule has 134 valence electrons. The minimum atomic E-state index is -4.41. The Balaban J connectivity index is 1.81. The Labute approximate surface area is 138 Å². The summed E-state index contributed by atoms with van der Waals surface area (Å²) < 4.78 is 48.1. The van der Waals surface area contributed by atoms with Gasteiger partial charge < -0.3 is 14.4 Å². The molecular weight excluding hydrogens is 325 g/mol. The molecule has 0 bridgehead atoms. The molecule has 5 nitrogen and oxygen atoms in total. The molecule has 1 atom stereocenters. The molecule has 1 aliphatic rings. The van der Waals surface area contributed by atoms with E-state index in [2.05, 4.69) is 4.98 Å². The van der Waals surface area contributed by atoms with Crippen molar-refractivity contribution in [3.05, 3.63) is 23.9 Å². The molecule has 8 heteroatoms. The monoisotopic (exact) mass is 346 g/mol. The van der Waals surface area contributed by atoms with Gasteiger partial charge in [0, 0.05) is 31.3 Å². The maximum Gasteiger partial charge on any atom is 0.417 e. The van der Waals surface area contributed by atoms with Gasteiger partial charge in [0.05, 0.1) is 12.2 Å². The molecular formula is C16H21F3N2O3. The predicted molar refractivity (Wildman–Crippen MR) is 80.6 cm³/mol. The lowest BCUT2D eigenvalue weighted by Gasteiger charge is -2.24. The third-order valence-electron chi connectivity index (χ3n) is 3.47. The van der Waals surface area contributed by atoms with E-state index in [0.717, 1.165) is 18.7 Å². The maximum absolute atomic E-state index is 12.5. The van der Waals surface area contributed by atoms with Gasteiger partial charge in [-0.25, -0.2) is 9.78 Å². The van der Waals surface area contributed by atoms with Crippen molar-refractivity contribution < 1.29 is 27.4 Å². The zero-order chi connectivity index (χ0) is 18.0. The van der Waals surface area contributed by atoms with Crippen molar-refractivity contribution in [3.8, 4) is 5.88 Å². The SMILES string of the molecule is CC(C)(C)OC(=O)N1CCC(COc2ccc(C(F)(F)F)cn2)C1. The van der Waals surface area contributed by atoms with Gasteiger partial charge in [-0.3, -0.25) is 0 Å². The largest absolute Gasteiger partial charge is 0.477 e. The summed E-state index contributed by atoms with van der Waals surface area (Å²) in [6.07, 6.45) is -3.28. The van der Waals surface area contributed by atoms with Crippen molar-refractivity contribution in [2.24, 2.45) is 5.92 Å². The van der Waals surface area contributed by atoms with E-state index in [1.807, 2.05) is 0 Å². The lowest BCUT2D eigenvalue weighted by Crippen LogP contribution is -2.35. The van der Waals surface area contributed by atoms with E-state index in [9.17, 15) is 18.0 Å². The van der Waals surface area contributed by atoms with E-state index < -0.39 is 17.3 Å². The Morgan fingerprint density at radius 1 is 1.33 bits per heavy atom. The molecule has 1 aliphatic heterocycles. The van der Waals surface area contributed by atoms with Gasteiger partial charge in [-0.05, 0) is 33.3 Å². The summed E-state index contributed by atoms with van der Waals surface area (Å²) >= 11 is 0. The van der Waals surface area contributed by atoms with Gasteiger partial charge in [-0.2, -0.15) is 13.2 Å². The van der Waals surface area contributed by atoms with E-state index in [-0.39, 0.29) is 24.5 Å². The van der Waals surface area contributed by atoms with Crippen molar-refractivity contribution in [3.63, 3.8) is 0 Å². The highest BCUT2D eigenvalue weighted by atomic mass is 19.4. The average molecular weight is 346 g/mol. The molecule has 2 rings (SSSR count). The highest BCUT2D eigenvalue weighted by molar-refractivity contribution is 5.68. The zero-order valence-corrected chi connectivity index (χ0v) is 13.9. The van der Waals surface area contributed by atoms with Crippen LogP contribution in [0.5, 0.6) is 5.88 Å². The van der Waals surface area contributed by atoms with Gasteiger partial charge in [0.15, 0.2) is 0 Å². The highest BCUT2D eigenvalue weighted by Crippen LogP contribution is 2.29. The number of pyridine rings is 1. The number of amides is 1. The lowest BCUT2D eigenvalue weighted by molar-refractivity contribution is -0.137. The molecule has 0 spiro atoms. The topological polar surface area (TPSA) is 51.7 Å². The summed E-state index contributed by atoms with van der Waals surface area (Å²) in [7, 11) is 0. The second kappa shape index (κ2) is 6.86. The molecule has 0 saturated carbocycles. The van der Waals surface area contributed by atoms with E-state index >= 15 is 0 Å². The fourth-order valence-electron chi connectivity index (χ4n) is 2.30. The minimum absolute atomic E-state index is 0.0987. The molecule has 1 saturated heterocycles. The third kappa shape index (κ3) is 5.28. The average Bonchev–Trinajstić information content (AvgIpc) is 2.92. The summed E-state index contributed by atoms with van der Waals surface area (Å²) in [6, 6.07) is 2.13. The molecule has 0 N–H and O–H groups in total. The van der Waals surface area contributed by atoms with Crippen LogP contribution in [0.15, 0.2) is 18.3 Å². The summed E-state index contributed by atoms with van der Waals surface area (Å²) in [5.41, 5.74) is -1.36. The fourth-order valence-corrected chi connectivity index (χ4v) is 2.30. The minimum Gasteiger partial charge on any atom is -0.477 e. The Kier molecular flexibility index (Phi) is 5.25. The van der Waals surface area contributed by atoms with Crippen molar-refractivity contribution in [2.75, 3.05) is 19.7 Å². The molecule has 1 fully saturated rings. The summed E-state index contributed by atoms with van der Waals surface area (Å²) in [4.78, 5) is 17.2. The van der Waals surface area contributed by atoms with E-state index in [4.69, 9.17) is 9.47 Å². The van der Waals surface area contributed by atoms with Crippen LogP contribution in [-0.4, -0.2) is 41.3 Å². The van der Waals surface area contributed by atoms with Crippen LogP contribution in [0.2, 0.25) is 0 Å². The first-order chi connectivity index (χ1) is 11.0. The van der Waals surface area contributed by atoms with E-state index in [1.165, 1.54) is 6.07 Å². The van der Waals surface area contributed by atoms with Gasteiger partial charge in [0.1, 0.15) is 5.60 Å². The molecule has 1 amide bonds. The normalized spacial score (nSPS) is 18.6. The number of aromatic nitrogens is 1. The predicted octanol–water partition coefficient (Wildman–Crippen LogP) is 3.74. The first-order valence-corrected chi connectivity index (χ1v) is 7.68. The van der Waals surface area contributed by atoms with Gasteiger partial charge in [-0.15, -0.1) is 0 Å². The van der Waals surface area contributed by atoms with Crippen LogP contribution in [0.4, 0.5) is 18.0 Å². The first-order valence-electron chi connectivity index (χ1n) is 7.68. The molecule has 1 unspecified atom stereocenters. The van der Waals surface area contributed by atoms with Gasteiger partial charge in [0.25, 0.3) is 0 Å². The molecule has 1 aromatic heterocycles. The van der Waals surface area contributed by atoms with Crippen molar-refractivity contribution in [1.29, 1.82) is 0 Å². The molecule has 0 radical (unpaired) electrons. The molecule has 2 heterocycles. The Morgan fingerprint density at radius 3 is 2.58 bits per heavy atom. The smallest absolute Gasteiger partial charge is 0.417 e. The second-order valence-corrected chi connectivity index (χ2v) is 6.77. The third-order valence-corrected chi connectivity index (χ3v) is 3.47. The first kappa shape index (κ1) is 18.4. The molecule has 0 aliphatic carbocycles. The van der Waals surface area contributed by atoms with Crippen molar-refractivity contribution >= 4 is 6.09 Å². The number of ether oxygens (including phenoxy) is 2. The number of carbonyl (C=O) groups excluding carboxylic acids is 1. The Hall–Kier alpha value is -1.99. The van der Waals surface area contributed by atoms with E-state index in [0.29, 0.717) is 13.1 Å². The lowest BCUT2D eigenvalue weighted by atomic mass is 10.1. The van der Waals surface area contributed by atoms with Crippen LogP contribution in [0, 0.1) is 5.92 Å². The van der Waals surface area contributed by atoms with Gasteiger partial charge in [0.2, 0.25) is 5.88 Å². The zero-order valence-electron chi connectivity index (χ0n) is 13.9. The quantitative estimate of drug-likeness (QED) is 0.837. The summed E-state index contributed by atoms with van der Waals surface area (Å²) in [5, 5.41) is 0. The van der Waals surface area contributed by atoms with Crippen LogP contribution in [0.3, 0.4) is 0 Å². The van der Waals surface area contributed by atoms with E-state index in [1.54, 1.807) is 25.7 Å². The molecule has 1 aromatic rings.